The lowest BCUT2D eigenvalue weighted by molar-refractivity contribution is 1.02. The Bertz CT molecular complexity index is 500. The zero-order valence-corrected chi connectivity index (χ0v) is 10.4. The number of alkyl halides is 1. The van der Waals surface area contributed by atoms with Gasteiger partial charge in [0.15, 0.2) is 0 Å². The van der Waals surface area contributed by atoms with Gasteiger partial charge in [0.05, 0.1) is 0 Å². The molecular formula is C13H14ClN3. The second kappa shape index (κ2) is 5.64. The summed E-state index contributed by atoms with van der Waals surface area (Å²) in [5.74, 6) is 2.15. The van der Waals surface area contributed by atoms with Gasteiger partial charge in [0.2, 0.25) is 0 Å². The first-order chi connectivity index (χ1) is 8.28. The van der Waals surface area contributed by atoms with Crippen molar-refractivity contribution in [3.63, 3.8) is 0 Å². The summed E-state index contributed by atoms with van der Waals surface area (Å²) in [7, 11) is 0. The van der Waals surface area contributed by atoms with Crippen molar-refractivity contribution in [2.75, 3.05) is 5.32 Å². The summed E-state index contributed by atoms with van der Waals surface area (Å²) < 4.78 is 0. The third kappa shape index (κ3) is 3.43. The predicted molar refractivity (Wildman–Crippen MR) is 70.1 cm³/mol. The molecule has 0 saturated carbocycles. The van der Waals surface area contributed by atoms with Crippen LogP contribution in [0.5, 0.6) is 0 Å². The maximum Gasteiger partial charge on any atom is 0.129 e. The number of rotatable bonds is 4. The Hall–Kier alpha value is -1.61. The summed E-state index contributed by atoms with van der Waals surface area (Å²) >= 11 is 5.80. The van der Waals surface area contributed by atoms with Crippen molar-refractivity contribution >= 4 is 17.4 Å². The highest BCUT2D eigenvalue weighted by molar-refractivity contribution is 6.17. The van der Waals surface area contributed by atoms with Crippen LogP contribution in [-0.2, 0) is 12.4 Å². The quantitative estimate of drug-likeness (QED) is 0.844. The predicted octanol–water partition coefficient (Wildman–Crippen LogP) is 3.14. The van der Waals surface area contributed by atoms with Gasteiger partial charge in [-0.2, -0.15) is 0 Å². The van der Waals surface area contributed by atoms with Crippen molar-refractivity contribution in [2.24, 2.45) is 0 Å². The minimum atomic E-state index is 0.542. The van der Waals surface area contributed by atoms with E-state index in [4.69, 9.17) is 11.6 Å². The van der Waals surface area contributed by atoms with E-state index in [0.29, 0.717) is 5.88 Å². The Balaban J connectivity index is 2.02. The summed E-state index contributed by atoms with van der Waals surface area (Å²) in [6.45, 7) is 2.61. The molecule has 1 heterocycles. The van der Waals surface area contributed by atoms with Crippen LogP contribution in [0.1, 0.15) is 17.0 Å². The number of anilines is 1. The molecule has 0 spiro atoms. The molecule has 0 fully saturated rings. The number of nitrogens with zero attached hydrogens (tertiary/aromatic N) is 2. The van der Waals surface area contributed by atoms with Crippen LogP contribution >= 0.6 is 11.6 Å². The maximum absolute atomic E-state index is 5.80. The van der Waals surface area contributed by atoms with Crippen LogP contribution in [0.2, 0.25) is 0 Å². The van der Waals surface area contributed by atoms with E-state index in [1.165, 1.54) is 5.56 Å². The van der Waals surface area contributed by atoms with Crippen molar-refractivity contribution in [2.45, 2.75) is 19.3 Å². The maximum atomic E-state index is 5.80. The van der Waals surface area contributed by atoms with Gasteiger partial charge in [-0.05, 0) is 24.1 Å². The fraction of sp³-hybridized carbons (Fsp3) is 0.231. The molecular weight excluding hydrogens is 234 g/mol. The molecule has 17 heavy (non-hydrogen) atoms. The number of aromatic nitrogens is 2. The van der Waals surface area contributed by atoms with Gasteiger partial charge < -0.3 is 5.32 Å². The summed E-state index contributed by atoms with van der Waals surface area (Å²) in [5, 5.41) is 3.26. The monoisotopic (exact) mass is 247 g/mol. The lowest BCUT2D eigenvalue weighted by atomic mass is 10.1. The largest absolute Gasteiger partial charge is 0.366 e. The molecule has 2 rings (SSSR count). The molecule has 3 nitrogen and oxygen atoms in total. The number of nitrogens with one attached hydrogen (secondary N) is 1. The van der Waals surface area contributed by atoms with E-state index >= 15 is 0 Å². The highest BCUT2D eigenvalue weighted by atomic mass is 35.5. The molecule has 2 aromatic rings. The average molecular weight is 248 g/mol. The Morgan fingerprint density at radius 2 is 2.06 bits per heavy atom. The Morgan fingerprint density at radius 3 is 2.82 bits per heavy atom. The Kier molecular flexibility index (Phi) is 3.94. The molecule has 1 aromatic carbocycles. The Labute approximate surface area is 106 Å². The fourth-order valence-corrected chi connectivity index (χ4v) is 1.74. The standard InChI is InChI=1S/C13H14ClN3/c1-10-15-6-5-13(17-10)16-9-12-4-2-3-11(7-12)8-14/h2-7H,8-9H2,1H3,(H,15,16,17). The molecule has 1 N–H and O–H groups in total. The first kappa shape index (κ1) is 11.9. The van der Waals surface area contributed by atoms with Crippen molar-refractivity contribution in [3.8, 4) is 0 Å². The average Bonchev–Trinajstić information content (AvgIpc) is 2.37. The smallest absolute Gasteiger partial charge is 0.129 e. The van der Waals surface area contributed by atoms with Crippen LogP contribution in [0.15, 0.2) is 36.5 Å². The second-order valence-corrected chi connectivity index (χ2v) is 4.06. The first-order valence-electron chi connectivity index (χ1n) is 5.45. The van der Waals surface area contributed by atoms with Crippen molar-refractivity contribution in [1.82, 2.24) is 9.97 Å². The highest BCUT2D eigenvalue weighted by Gasteiger charge is 1.97. The van der Waals surface area contributed by atoms with Gasteiger partial charge in [-0.15, -0.1) is 11.6 Å². The lowest BCUT2D eigenvalue weighted by Crippen LogP contribution is -2.02. The molecule has 0 aliphatic rings. The van der Waals surface area contributed by atoms with Crippen LogP contribution in [0, 0.1) is 6.92 Å². The topological polar surface area (TPSA) is 37.8 Å². The molecule has 0 saturated heterocycles. The first-order valence-corrected chi connectivity index (χ1v) is 5.98. The molecule has 0 aliphatic carbocycles. The minimum absolute atomic E-state index is 0.542. The summed E-state index contributed by atoms with van der Waals surface area (Å²) in [4.78, 5) is 8.34. The normalized spacial score (nSPS) is 10.2. The highest BCUT2D eigenvalue weighted by Crippen LogP contribution is 2.10. The number of halogens is 1. The molecule has 0 atom stereocenters. The molecule has 0 aliphatic heterocycles. The second-order valence-electron chi connectivity index (χ2n) is 3.80. The molecule has 0 bridgehead atoms. The van der Waals surface area contributed by atoms with Crippen LogP contribution in [0.25, 0.3) is 0 Å². The van der Waals surface area contributed by atoms with E-state index in [0.717, 1.165) is 23.8 Å². The number of aryl methyl sites for hydroxylation is 1. The number of hydrogen-bond acceptors (Lipinski definition) is 3. The van der Waals surface area contributed by atoms with E-state index in [-0.39, 0.29) is 0 Å². The van der Waals surface area contributed by atoms with Gasteiger partial charge in [-0.3, -0.25) is 0 Å². The molecule has 88 valence electrons. The van der Waals surface area contributed by atoms with Gasteiger partial charge in [-0.25, -0.2) is 9.97 Å². The Morgan fingerprint density at radius 1 is 1.24 bits per heavy atom. The molecule has 0 amide bonds. The minimum Gasteiger partial charge on any atom is -0.366 e. The molecule has 0 unspecified atom stereocenters. The molecule has 0 radical (unpaired) electrons. The lowest BCUT2D eigenvalue weighted by Gasteiger charge is -2.06. The fourth-order valence-electron chi connectivity index (χ4n) is 1.57. The zero-order valence-electron chi connectivity index (χ0n) is 9.65. The molecule has 1 aromatic heterocycles. The van der Waals surface area contributed by atoms with Gasteiger partial charge in [0.25, 0.3) is 0 Å². The number of benzene rings is 1. The summed E-state index contributed by atoms with van der Waals surface area (Å²) in [6, 6.07) is 10.1. The van der Waals surface area contributed by atoms with Crippen LogP contribution in [0.4, 0.5) is 5.82 Å². The molecule has 4 heteroatoms. The third-order valence-electron chi connectivity index (χ3n) is 2.40. The van der Waals surface area contributed by atoms with Gasteiger partial charge in [0.1, 0.15) is 11.6 Å². The van der Waals surface area contributed by atoms with E-state index < -0.39 is 0 Å². The number of hydrogen-bond donors (Lipinski definition) is 1. The van der Waals surface area contributed by atoms with Crippen LogP contribution < -0.4 is 5.32 Å². The van der Waals surface area contributed by atoms with Gasteiger partial charge in [-0.1, -0.05) is 24.3 Å². The van der Waals surface area contributed by atoms with E-state index in [9.17, 15) is 0 Å². The van der Waals surface area contributed by atoms with E-state index in [2.05, 4.69) is 27.4 Å². The SMILES string of the molecule is Cc1nccc(NCc2cccc(CCl)c2)n1. The van der Waals surface area contributed by atoms with Crippen LogP contribution in [-0.4, -0.2) is 9.97 Å². The van der Waals surface area contributed by atoms with Gasteiger partial charge in [0, 0.05) is 18.6 Å². The van der Waals surface area contributed by atoms with Gasteiger partial charge >= 0.3 is 0 Å². The summed E-state index contributed by atoms with van der Waals surface area (Å²) in [5.41, 5.74) is 2.32. The van der Waals surface area contributed by atoms with E-state index in [1.807, 2.05) is 25.1 Å². The third-order valence-corrected chi connectivity index (χ3v) is 2.70. The zero-order chi connectivity index (χ0) is 12.1. The van der Waals surface area contributed by atoms with Crippen molar-refractivity contribution in [3.05, 3.63) is 53.5 Å². The van der Waals surface area contributed by atoms with Crippen molar-refractivity contribution in [1.29, 1.82) is 0 Å². The van der Waals surface area contributed by atoms with Crippen LogP contribution in [0.3, 0.4) is 0 Å². The van der Waals surface area contributed by atoms with E-state index in [1.54, 1.807) is 6.20 Å². The van der Waals surface area contributed by atoms with Crippen molar-refractivity contribution < 1.29 is 0 Å². The summed E-state index contributed by atoms with van der Waals surface area (Å²) in [6.07, 6.45) is 1.75.